The number of anilines is 1. The molecule has 98 valence electrons. The fourth-order valence-corrected chi connectivity index (χ4v) is 1.83. The minimum atomic E-state index is -0.458. The number of nitrogen functional groups attached to an aromatic ring is 1. The molecular formula is C12H15BrN2O3. The Morgan fingerprint density at radius 3 is 2.61 bits per heavy atom. The quantitative estimate of drug-likeness (QED) is 0.677. The van der Waals surface area contributed by atoms with Crippen molar-refractivity contribution in [1.82, 2.24) is 4.90 Å². The number of hydrogen-bond acceptors (Lipinski definition) is 4. The molecular weight excluding hydrogens is 300 g/mol. The normalized spacial score (nSPS) is 9.94. The van der Waals surface area contributed by atoms with Crippen LogP contribution in [0.5, 0.6) is 0 Å². The Labute approximate surface area is 114 Å². The Morgan fingerprint density at radius 2 is 2.11 bits per heavy atom. The molecule has 0 aliphatic heterocycles. The number of nitrogens with zero attached hydrogens (tertiary/aromatic N) is 1. The molecule has 0 unspecified atom stereocenters. The summed E-state index contributed by atoms with van der Waals surface area (Å²) < 4.78 is 5.35. The van der Waals surface area contributed by atoms with Gasteiger partial charge in [0.05, 0.1) is 12.7 Å². The summed E-state index contributed by atoms with van der Waals surface area (Å²) in [4.78, 5) is 24.8. The number of benzene rings is 1. The first-order chi connectivity index (χ1) is 8.49. The van der Waals surface area contributed by atoms with E-state index in [-0.39, 0.29) is 12.5 Å². The largest absolute Gasteiger partial charge is 0.468 e. The molecule has 0 heterocycles. The zero-order chi connectivity index (χ0) is 13.7. The van der Waals surface area contributed by atoms with Gasteiger partial charge in [0.1, 0.15) is 6.54 Å². The zero-order valence-corrected chi connectivity index (χ0v) is 11.9. The summed E-state index contributed by atoms with van der Waals surface area (Å²) in [6, 6.07) is 5.01. The maximum absolute atomic E-state index is 12.2. The molecule has 0 spiro atoms. The van der Waals surface area contributed by atoms with Gasteiger partial charge in [-0.25, -0.2) is 0 Å². The summed E-state index contributed by atoms with van der Waals surface area (Å²) in [5.41, 5.74) is 6.54. The fraction of sp³-hybridized carbons (Fsp3) is 0.333. The standard InChI is InChI=1S/C12H15BrN2O3/c1-3-15(7-11(16)18-2)12(17)9-5-4-8(13)6-10(9)14/h4-6H,3,7,14H2,1-2H3. The highest BCUT2D eigenvalue weighted by Crippen LogP contribution is 2.20. The lowest BCUT2D eigenvalue weighted by Gasteiger charge is -2.20. The van der Waals surface area contributed by atoms with Crippen LogP contribution in [0.1, 0.15) is 17.3 Å². The maximum Gasteiger partial charge on any atom is 0.325 e. The highest BCUT2D eigenvalue weighted by molar-refractivity contribution is 9.10. The molecule has 1 aromatic carbocycles. The molecule has 1 aromatic rings. The van der Waals surface area contributed by atoms with E-state index in [1.54, 1.807) is 25.1 Å². The van der Waals surface area contributed by atoms with Crippen molar-refractivity contribution in [2.45, 2.75) is 6.92 Å². The van der Waals surface area contributed by atoms with Crippen molar-refractivity contribution < 1.29 is 14.3 Å². The smallest absolute Gasteiger partial charge is 0.325 e. The van der Waals surface area contributed by atoms with Gasteiger partial charge in [0.2, 0.25) is 0 Å². The van der Waals surface area contributed by atoms with Crippen LogP contribution in [0, 0.1) is 0 Å². The van der Waals surface area contributed by atoms with Crippen LogP contribution >= 0.6 is 15.9 Å². The summed E-state index contributed by atoms with van der Waals surface area (Å²) in [5.74, 6) is -0.742. The number of carbonyl (C=O) groups is 2. The molecule has 6 heteroatoms. The molecule has 2 N–H and O–H groups in total. The minimum Gasteiger partial charge on any atom is -0.468 e. The Morgan fingerprint density at radius 1 is 1.44 bits per heavy atom. The van der Waals surface area contributed by atoms with E-state index in [1.807, 2.05) is 0 Å². The zero-order valence-electron chi connectivity index (χ0n) is 10.3. The van der Waals surface area contributed by atoms with Crippen molar-refractivity contribution in [1.29, 1.82) is 0 Å². The average molecular weight is 315 g/mol. The number of likely N-dealkylation sites (N-methyl/N-ethyl adjacent to an activating group) is 1. The predicted octanol–water partition coefficient (Wildman–Crippen LogP) is 1.67. The Bertz CT molecular complexity index is 463. The first-order valence-electron chi connectivity index (χ1n) is 5.40. The third kappa shape index (κ3) is 3.46. The summed E-state index contributed by atoms with van der Waals surface area (Å²) in [6.45, 7) is 2.11. The molecule has 5 nitrogen and oxygen atoms in total. The fourth-order valence-electron chi connectivity index (χ4n) is 1.45. The Kier molecular flexibility index (Phi) is 5.15. The lowest BCUT2D eigenvalue weighted by Crippen LogP contribution is -2.36. The number of methoxy groups -OCH3 is 1. The van der Waals surface area contributed by atoms with Crippen molar-refractivity contribution in [3.63, 3.8) is 0 Å². The van der Waals surface area contributed by atoms with Crippen LogP contribution in [0.3, 0.4) is 0 Å². The third-order valence-electron chi connectivity index (χ3n) is 2.46. The van der Waals surface area contributed by atoms with Crippen LogP contribution in [0.15, 0.2) is 22.7 Å². The SMILES string of the molecule is CCN(CC(=O)OC)C(=O)c1ccc(Br)cc1N. The van der Waals surface area contributed by atoms with Gasteiger partial charge in [-0.05, 0) is 25.1 Å². The molecule has 0 aliphatic rings. The number of halogens is 1. The van der Waals surface area contributed by atoms with E-state index in [0.717, 1.165) is 4.47 Å². The van der Waals surface area contributed by atoms with Crippen molar-refractivity contribution in [3.8, 4) is 0 Å². The van der Waals surface area contributed by atoms with Gasteiger partial charge in [0, 0.05) is 16.7 Å². The van der Waals surface area contributed by atoms with Crippen LogP contribution in [0.2, 0.25) is 0 Å². The van der Waals surface area contributed by atoms with E-state index in [4.69, 9.17) is 5.73 Å². The van der Waals surface area contributed by atoms with Gasteiger partial charge >= 0.3 is 5.97 Å². The van der Waals surface area contributed by atoms with Gasteiger partial charge in [0.15, 0.2) is 0 Å². The number of ether oxygens (including phenoxy) is 1. The van der Waals surface area contributed by atoms with E-state index in [2.05, 4.69) is 20.7 Å². The monoisotopic (exact) mass is 314 g/mol. The second-order valence-corrected chi connectivity index (χ2v) is 4.54. The summed E-state index contributed by atoms with van der Waals surface area (Å²) in [5, 5.41) is 0. The minimum absolute atomic E-state index is 0.0820. The van der Waals surface area contributed by atoms with Crippen LogP contribution in [0.25, 0.3) is 0 Å². The van der Waals surface area contributed by atoms with Crippen molar-refractivity contribution in [2.75, 3.05) is 25.9 Å². The highest BCUT2D eigenvalue weighted by atomic mass is 79.9. The molecule has 0 saturated carbocycles. The number of amides is 1. The molecule has 1 amide bonds. The average Bonchev–Trinajstić information content (AvgIpc) is 2.34. The van der Waals surface area contributed by atoms with Crippen molar-refractivity contribution >= 4 is 33.5 Å². The molecule has 0 aromatic heterocycles. The van der Waals surface area contributed by atoms with E-state index in [0.29, 0.717) is 17.8 Å². The molecule has 0 atom stereocenters. The lowest BCUT2D eigenvalue weighted by atomic mass is 10.1. The van der Waals surface area contributed by atoms with E-state index < -0.39 is 5.97 Å². The van der Waals surface area contributed by atoms with Crippen LogP contribution < -0.4 is 5.73 Å². The second kappa shape index (κ2) is 6.39. The van der Waals surface area contributed by atoms with Gasteiger partial charge in [0.25, 0.3) is 5.91 Å². The van der Waals surface area contributed by atoms with Crippen molar-refractivity contribution in [3.05, 3.63) is 28.2 Å². The molecule has 0 saturated heterocycles. The topological polar surface area (TPSA) is 72.6 Å². The first kappa shape index (κ1) is 14.5. The van der Waals surface area contributed by atoms with Crippen LogP contribution in [-0.2, 0) is 9.53 Å². The Hall–Kier alpha value is -1.56. The highest BCUT2D eigenvalue weighted by Gasteiger charge is 2.19. The molecule has 0 fully saturated rings. The van der Waals surface area contributed by atoms with Crippen LogP contribution in [0.4, 0.5) is 5.69 Å². The maximum atomic E-state index is 12.2. The molecule has 0 radical (unpaired) electrons. The van der Waals surface area contributed by atoms with Gasteiger partial charge in [-0.15, -0.1) is 0 Å². The Balaban J connectivity index is 2.93. The number of nitrogens with two attached hydrogens (primary N) is 1. The van der Waals surface area contributed by atoms with E-state index >= 15 is 0 Å². The summed E-state index contributed by atoms with van der Waals surface area (Å²) in [7, 11) is 1.29. The molecule has 18 heavy (non-hydrogen) atoms. The lowest BCUT2D eigenvalue weighted by molar-refractivity contribution is -0.141. The predicted molar refractivity (Wildman–Crippen MR) is 72.1 cm³/mol. The third-order valence-corrected chi connectivity index (χ3v) is 2.95. The molecule has 0 bridgehead atoms. The van der Waals surface area contributed by atoms with Gasteiger partial charge in [-0.1, -0.05) is 15.9 Å². The number of carbonyl (C=O) groups excluding carboxylic acids is 2. The molecule has 0 aliphatic carbocycles. The van der Waals surface area contributed by atoms with E-state index in [1.165, 1.54) is 12.0 Å². The summed E-state index contributed by atoms with van der Waals surface area (Å²) in [6.07, 6.45) is 0. The first-order valence-corrected chi connectivity index (χ1v) is 6.20. The second-order valence-electron chi connectivity index (χ2n) is 3.63. The molecule has 1 rings (SSSR count). The van der Waals surface area contributed by atoms with Gasteiger partial charge < -0.3 is 15.4 Å². The number of rotatable bonds is 4. The van der Waals surface area contributed by atoms with Crippen molar-refractivity contribution in [2.24, 2.45) is 0 Å². The van der Waals surface area contributed by atoms with E-state index in [9.17, 15) is 9.59 Å². The van der Waals surface area contributed by atoms with Gasteiger partial charge in [-0.3, -0.25) is 9.59 Å². The number of hydrogen-bond donors (Lipinski definition) is 1. The summed E-state index contributed by atoms with van der Waals surface area (Å²) >= 11 is 3.27. The van der Waals surface area contributed by atoms with Crippen LogP contribution in [-0.4, -0.2) is 37.0 Å². The van der Waals surface area contributed by atoms with Gasteiger partial charge in [-0.2, -0.15) is 0 Å². The number of esters is 1.